The van der Waals surface area contributed by atoms with E-state index in [1.165, 1.54) is 17.1 Å². The molecule has 0 atom stereocenters. The molecule has 4 amide bonds. The average molecular weight is 693 g/mol. The maximum atomic E-state index is 13.6. The second kappa shape index (κ2) is 16.0. The second-order valence-corrected chi connectivity index (χ2v) is 11.6. The molecule has 0 fully saturated rings. The Labute approximate surface area is 288 Å². The molecule has 0 aliphatic carbocycles. The minimum atomic E-state index is -0.464. The number of hydrogen-bond donors (Lipinski definition) is 6. The molecule has 0 aliphatic heterocycles. The van der Waals surface area contributed by atoms with Gasteiger partial charge in [-0.2, -0.15) is 0 Å². The molecule has 260 valence electrons. The van der Waals surface area contributed by atoms with Gasteiger partial charge in [0.2, 0.25) is 0 Å². The molecular formula is C33H41ClN10O5. The summed E-state index contributed by atoms with van der Waals surface area (Å²) in [7, 11) is 6.57. The first-order valence-electron chi connectivity index (χ1n) is 15.4. The van der Waals surface area contributed by atoms with Gasteiger partial charge in [0, 0.05) is 70.7 Å². The summed E-state index contributed by atoms with van der Waals surface area (Å²) in [4.78, 5) is 52.7. The number of aryl methyl sites for hydroxylation is 4. The molecule has 15 nitrogen and oxygen atoms in total. The summed E-state index contributed by atoms with van der Waals surface area (Å²) >= 11 is 5.93. The lowest BCUT2D eigenvalue weighted by molar-refractivity contribution is 0.0943. The Balaban J connectivity index is 1.47. The number of carbonyl (C=O) groups excluding carboxylic acids is 4. The van der Waals surface area contributed by atoms with Crippen molar-refractivity contribution >= 4 is 58.1 Å². The third-order valence-corrected chi connectivity index (χ3v) is 7.82. The van der Waals surface area contributed by atoms with Gasteiger partial charge in [-0.05, 0) is 42.3 Å². The number of halogens is 1. The molecule has 49 heavy (non-hydrogen) atoms. The lowest BCUT2D eigenvalue weighted by Gasteiger charge is -2.22. The van der Waals surface area contributed by atoms with E-state index in [0.29, 0.717) is 40.6 Å². The van der Waals surface area contributed by atoms with Gasteiger partial charge in [-0.15, -0.1) is 11.6 Å². The standard InChI is InChI=1S/C33H41ClN10O5/c1-6-20-7-8-21(13-28(20)49-5)33(48)44(38-12-10-34)24-16-27(43(4)19-24)32(47)40-23-15-26(42(3)18-23)31(46)39-22-14-25(41(2)17-22)30(45)37-11-9-29(35)36/h7-8,13-19,38H,6,9-12H2,1-5H3,(H3,35,36)(H,37,45)(H,39,46)(H,40,47). The van der Waals surface area contributed by atoms with E-state index in [1.54, 1.807) is 78.7 Å². The predicted octanol–water partition coefficient (Wildman–Crippen LogP) is 3.22. The van der Waals surface area contributed by atoms with Gasteiger partial charge in [-0.1, -0.05) is 13.0 Å². The molecule has 7 N–H and O–H groups in total. The molecular weight excluding hydrogens is 652 g/mol. The van der Waals surface area contributed by atoms with Crippen molar-refractivity contribution in [1.29, 1.82) is 5.41 Å². The summed E-state index contributed by atoms with van der Waals surface area (Å²) in [5.41, 5.74) is 11.7. The summed E-state index contributed by atoms with van der Waals surface area (Å²) < 4.78 is 10.2. The number of methoxy groups -OCH3 is 1. The number of alkyl halides is 1. The molecule has 16 heteroatoms. The highest BCUT2D eigenvalue weighted by Crippen LogP contribution is 2.25. The van der Waals surface area contributed by atoms with Crippen molar-refractivity contribution in [1.82, 2.24) is 24.4 Å². The quantitative estimate of drug-likeness (QED) is 0.0476. The van der Waals surface area contributed by atoms with Crippen molar-refractivity contribution in [2.45, 2.75) is 19.8 Å². The molecule has 0 saturated carbocycles. The van der Waals surface area contributed by atoms with E-state index in [-0.39, 0.29) is 47.9 Å². The molecule has 0 saturated heterocycles. The number of benzene rings is 1. The highest BCUT2D eigenvalue weighted by Gasteiger charge is 2.24. The smallest absolute Gasteiger partial charge is 0.272 e. The summed E-state index contributed by atoms with van der Waals surface area (Å²) in [6.45, 7) is 2.51. The van der Waals surface area contributed by atoms with Gasteiger partial charge in [0.15, 0.2) is 0 Å². The maximum absolute atomic E-state index is 13.6. The van der Waals surface area contributed by atoms with Crippen LogP contribution in [0.3, 0.4) is 0 Å². The Morgan fingerprint density at radius 3 is 1.98 bits per heavy atom. The Morgan fingerprint density at radius 2 is 1.43 bits per heavy atom. The maximum Gasteiger partial charge on any atom is 0.272 e. The van der Waals surface area contributed by atoms with Crippen LogP contribution in [0.1, 0.15) is 60.7 Å². The fraction of sp³-hybridized carbons (Fsp3) is 0.303. The number of anilines is 3. The fourth-order valence-corrected chi connectivity index (χ4v) is 5.22. The van der Waals surface area contributed by atoms with E-state index in [9.17, 15) is 19.2 Å². The monoisotopic (exact) mass is 692 g/mol. The first-order chi connectivity index (χ1) is 23.4. The summed E-state index contributed by atoms with van der Waals surface area (Å²) in [5.74, 6) is -0.833. The van der Waals surface area contributed by atoms with Crippen molar-refractivity contribution in [3.63, 3.8) is 0 Å². The van der Waals surface area contributed by atoms with Gasteiger partial charge in [0.25, 0.3) is 23.6 Å². The molecule has 3 heterocycles. The second-order valence-electron chi connectivity index (χ2n) is 11.2. The SMILES string of the molecule is CCc1ccc(C(=O)N(NCCCl)c2cc(C(=O)Nc3cc(C(=O)Nc4cc(C(=O)NCCC(=N)N)n(C)c4)n(C)c3)n(C)c2)cc1OC. The third kappa shape index (κ3) is 8.69. The first kappa shape index (κ1) is 36.3. The van der Waals surface area contributed by atoms with Crippen molar-refractivity contribution < 1.29 is 23.9 Å². The normalized spacial score (nSPS) is 10.8. The van der Waals surface area contributed by atoms with E-state index < -0.39 is 11.8 Å². The van der Waals surface area contributed by atoms with E-state index in [0.717, 1.165) is 12.0 Å². The van der Waals surface area contributed by atoms with Gasteiger partial charge < -0.3 is 40.1 Å². The largest absolute Gasteiger partial charge is 0.496 e. The number of aromatic nitrogens is 3. The van der Waals surface area contributed by atoms with E-state index in [4.69, 9.17) is 27.5 Å². The predicted molar refractivity (Wildman–Crippen MR) is 189 cm³/mol. The Morgan fingerprint density at radius 1 is 0.857 bits per heavy atom. The van der Waals surface area contributed by atoms with Crippen molar-refractivity contribution in [2.75, 3.05) is 41.7 Å². The van der Waals surface area contributed by atoms with Crippen LogP contribution < -0.4 is 36.9 Å². The van der Waals surface area contributed by atoms with Crippen LogP contribution in [0.2, 0.25) is 0 Å². The average Bonchev–Trinajstić information content (AvgIpc) is 3.75. The number of nitrogens with one attached hydrogen (secondary N) is 5. The number of ether oxygens (including phenoxy) is 1. The number of nitrogens with zero attached hydrogens (tertiary/aromatic N) is 4. The molecule has 4 rings (SSSR count). The number of hydrazine groups is 1. The minimum absolute atomic E-state index is 0.0314. The van der Waals surface area contributed by atoms with Gasteiger partial charge in [0.05, 0.1) is 30.0 Å². The van der Waals surface area contributed by atoms with Gasteiger partial charge in [0.1, 0.15) is 22.8 Å². The zero-order valence-electron chi connectivity index (χ0n) is 28.0. The van der Waals surface area contributed by atoms with Crippen LogP contribution in [0.25, 0.3) is 0 Å². The van der Waals surface area contributed by atoms with Crippen molar-refractivity contribution in [3.05, 3.63) is 83.2 Å². The fourth-order valence-electron chi connectivity index (χ4n) is 5.14. The van der Waals surface area contributed by atoms with Crippen LogP contribution in [0.15, 0.2) is 55.0 Å². The molecule has 0 aliphatic rings. The third-order valence-electron chi connectivity index (χ3n) is 7.63. The molecule has 4 aromatic rings. The Hall–Kier alpha value is -5.54. The van der Waals surface area contributed by atoms with Crippen LogP contribution in [0, 0.1) is 5.41 Å². The molecule has 0 spiro atoms. The minimum Gasteiger partial charge on any atom is -0.496 e. The van der Waals surface area contributed by atoms with Gasteiger partial charge >= 0.3 is 0 Å². The zero-order valence-corrected chi connectivity index (χ0v) is 28.8. The van der Waals surface area contributed by atoms with Gasteiger partial charge in [-0.25, -0.2) is 10.4 Å². The summed E-state index contributed by atoms with van der Waals surface area (Å²) in [6.07, 6.45) is 5.82. The van der Waals surface area contributed by atoms with Crippen LogP contribution in [-0.2, 0) is 27.6 Å². The highest BCUT2D eigenvalue weighted by molar-refractivity contribution is 6.18. The molecule has 3 aromatic heterocycles. The highest BCUT2D eigenvalue weighted by atomic mass is 35.5. The topological polar surface area (TPSA) is 194 Å². The summed E-state index contributed by atoms with van der Waals surface area (Å²) in [6, 6.07) is 9.90. The first-order valence-corrected chi connectivity index (χ1v) is 15.9. The van der Waals surface area contributed by atoms with Crippen LogP contribution in [-0.4, -0.2) is 69.2 Å². The van der Waals surface area contributed by atoms with E-state index in [2.05, 4.69) is 21.4 Å². The number of nitrogens with two attached hydrogens (primary N) is 1. The number of rotatable bonds is 15. The van der Waals surface area contributed by atoms with Crippen molar-refractivity contribution in [2.24, 2.45) is 26.9 Å². The lowest BCUT2D eigenvalue weighted by Crippen LogP contribution is -2.44. The van der Waals surface area contributed by atoms with E-state index >= 15 is 0 Å². The molecule has 0 radical (unpaired) electrons. The number of hydrogen-bond acceptors (Lipinski definition) is 7. The molecule has 0 bridgehead atoms. The molecule has 1 aromatic carbocycles. The van der Waals surface area contributed by atoms with Crippen molar-refractivity contribution in [3.8, 4) is 5.75 Å². The summed E-state index contributed by atoms with van der Waals surface area (Å²) in [5, 5.41) is 16.9. The van der Waals surface area contributed by atoms with Crippen LogP contribution >= 0.6 is 11.6 Å². The Bertz CT molecular complexity index is 1870. The number of amidine groups is 1. The Kier molecular flexibility index (Phi) is 11.9. The lowest BCUT2D eigenvalue weighted by atomic mass is 10.1. The van der Waals surface area contributed by atoms with Crippen LogP contribution in [0.4, 0.5) is 17.1 Å². The molecule has 0 unspecified atom stereocenters. The zero-order chi connectivity index (χ0) is 35.8. The number of carbonyl (C=O) groups is 4. The van der Waals surface area contributed by atoms with Gasteiger partial charge in [-0.3, -0.25) is 24.6 Å². The van der Waals surface area contributed by atoms with E-state index in [1.807, 2.05) is 13.0 Å². The number of amides is 4. The van der Waals surface area contributed by atoms with Crippen LogP contribution in [0.5, 0.6) is 5.75 Å².